The average molecular weight is 719 g/mol. The number of nitrogens with zero attached hydrogens (tertiary/aromatic N) is 2. The Morgan fingerprint density at radius 3 is 1.36 bits per heavy atom. The molecule has 0 aliphatic carbocycles. The zero-order valence-corrected chi connectivity index (χ0v) is 30.7. The quantitative estimate of drug-likeness (QED) is 0.164. The van der Waals surface area contributed by atoms with Crippen LogP contribution in [0.15, 0.2) is 206 Å². The topological polar surface area (TPSA) is 25.8 Å². The number of thiophene rings is 1. The molecular formula is C52H34N2S. The number of benzene rings is 8. The predicted molar refractivity (Wildman–Crippen MR) is 233 cm³/mol. The van der Waals surface area contributed by atoms with Crippen molar-refractivity contribution in [1.29, 1.82) is 0 Å². The first-order valence-electron chi connectivity index (χ1n) is 18.6. The molecule has 0 amide bonds. The van der Waals surface area contributed by atoms with Crippen molar-refractivity contribution in [2.75, 3.05) is 0 Å². The van der Waals surface area contributed by atoms with Gasteiger partial charge in [0.2, 0.25) is 0 Å². The van der Waals surface area contributed by atoms with Gasteiger partial charge in [0.25, 0.3) is 0 Å². The number of aromatic nitrogens is 2. The summed E-state index contributed by atoms with van der Waals surface area (Å²) < 4.78 is 2.50. The Morgan fingerprint density at radius 1 is 0.291 bits per heavy atom. The van der Waals surface area contributed by atoms with Crippen LogP contribution in [0.25, 0.3) is 98.6 Å². The molecule has 55 heavy (non-hydrogen) atoms. The molecule has 2 nitrogen and oxygen atoms in total. The number of hydrogen-bond donors (Lipinski definition) is 0. The van der Waals surface area contributed by atoms with Gasteiger partial charge in [-0.25, -0.2) is 9.97 Å². The van der Waals surface area contributed by atoms with Crippen molar-refractivity contribution in [3.05, 3.63) is 206 Å². The van der Waals surface area contributed by atoms with Crippen molar-refractivity contribution in [3.63, 3.8) is 0 Å². The molecule has 2 heterocycles. The van der Waals surface area contributed by atoms with Crippen molar-refractivity contribution in [3.8, 4) is 78.4 Å². The van der Waals surface area contributed by atoms with Gasteiger partial charge in [-0.2, -0.15) is 0 Å². The Bertz CT molecular complexity index is 2950. The monoisotopic (exact) mass is 718 g/mol. The Hall–Kier alpha value is -6.94. The fourth-order valence-corrected chi connectivity index (χ4v) is 8.63. The summed E-state index contributed by atoms with van der Waals surface area (Å²) in [4.78, 5) is 10.4. The minimum atomic E-state index is 0.713. The third-order valence-electron chi connectivity index (χ3n) is 10.3. The zero-order chi connectivity index (χ0) is 36.6. The van der Waals surface area contributed by atoms with E-state index in [1.54, 1.807) is 0 Å². The van der Waals surface area contributed by atoms with Crippen LogP contribution in [0.4, 0.5) is 0 Å². The van der Waals surface area contributed by atoms with E-state index in [9.17, 15) is 0 Å². The van der Waals surface area contributed by atoms with Crippen molar-refractivity contribution in [2.45, 2.75) is 0 Å². The van der Waals surface area contributed by atoms with Crippen LogP contribution in [0.3, 0.4) is 0 Å². The smallest absolute Gasteiger partial charge is 0.160 e. The van der Waals surface area contributed by atoms with Crippen molar-refractivity contribution in [2.24, 2.45) is 0 Å². The molecule has 0 saturated heterocycles. The lowest BCUT2D eigenvalue weighted by molar-refractivity contribution is 1.19. The lowest BCUT2D eigenvalue weighted by Gasteiger charge is -2.12. The molecule has 0 fully saturated rings. The van der Waals surface area contributed by atoms with Gasteiger partial charge >= 0.3 is 0 Å². The third-order valence-corrected chi connectivity index (χ3v) is 11.5. The van der Waals surface area contributed by atoms with Crippen LogP contribution < -0.4 is 0 Å². The van der Waals surface area contributed by atoms with E-state index in [2.05, 4.69) is 188 Å². The fourth-order valence-electron chi connectivity index (χ4n) is 7.52. The van der Waals surface area contributed by atoms with E-state index >= 15 is 0 Å². The van der Waals surface area contributed by atoms with Crippen LogP contribution in [-0.2, 0) is 0 Å². The van der Waals surface area contributed by atoms with Gasteiger partial charge in [-0.05, 0) is 80.9 Å². The lowest BCUT2D eigenvalue weighted by Crippen LogP contribution is -1.96. The maximum Gasteiger partial charge on any atom is 0.160 e. The Labute approximate surface area is 324 Å². The number of rotatable bonds is 7. The molecule has 2 aromatic heterocycles. The van der Waals surface area contributed by atoms with Crippen LogP contribution in [0.2, 0.25) is 0 Å². The molecule has 0 unspecified atom stereocenters. The molecule has 0 N–H and O–H groups in total. The second-order valence-electron chi connectivity index (χ2n) is 13.8. The maximum atomic E-state index is 5.25. The van der Waals surface area contributed by atoms with Gasteiger partial charge in [0.1, 0.15) is 0 Å². The van der Waals surface area contributed by atoms with Crippen LogP contribution in [0.1, 0.15) is 0 Å². The summed E-state index contributed by atoms with van der Waals surface area (Å²) >= 11 is 1.83. The second kappa shape index (κ2) is 14.1. The normalized spacial score (nSPS) is 11.3. The minimum absolute atomic E-state index is 0.713. The standard InChI is InChI=1S/C52H34N2S/c1-4-13-35(14-5-1)40-19-10-20-41(31-40)37-25-27-38(28-26-37)43-29-30-49-46(33-43)51-45(23-12-24-50(51)55-49)48-34-47(53-52(54-48)39-17-8-3-9-18-39)44-22-11-21-42(32-44)36-15-6-2-7-16-36/h1-34H. The van der Waals surface area contributed by atoms with Crippen LogP contribution >= 0.6 is 11.3 Å². The Morgan fingerprint density at radius 2 is 0.745 bits per heavy atom. The SMILES string of the molecule is c1ccc(-c2cccc(-c3ccc(-c4ccc5sc6cccc(-c7cc(-c8cccc(-c9ccccc9)c8)nc(-c8ccccc8)n7)c6c5c4)cc3)c2)cc1. The van der Waals surface area contributed by atoms with Crippen molar-refractivity contribution in [1.82, 2.24) is 9.97 Å². The molecule has 0 radical (unpaired) electrons. The van der Waals surface area contributed by atoms with Crippen LogP contribution in [-0.4, -0.2) is 9.97 Å². The molecule has 3 heteroatoms. The first kappa shape index (κ1) is 32.7. The summed E-state index contributed by atoms with van der Waals surface area (Å²) in [7, 11) is 0. The summed E-state index contributed by atoms with van der Waals surface area (Å²) in [6.45, 7) is 0. The molecule has 258 valence electrons. The second-order valence-corrected chi connectivity index (χ2v) is 14.9. The molecule has 10 aromatic rings. The summed E-state index contributed by atoms with van der Waals surface area (Å²) in [5.41, 5.74) is 14.5. The highest BCUT2D eigenvalue weighted by molar-refractivity contribution is 7.26. The minimum Gasteiger partial charge on any atom is -0.228 e. The number of hydrogen-bond acceptors (Lipinski definition) is 3. The molecule has 0 atom stereocenters. The van der Waals surface area contributed by atoms with Gasteiger partial charge in [-0.1, -0.05) is 170 Å². The highest BCUT2D eigenvalue weighted by atomic mass is 32.1. The van der Waals surface area contributed by atoms with E-state index in [4.69, 9.17) is 9.97 Å². The predicted octanol–water partition coefficient (Wildman–Crippen LogP) is 14.5. The van der Waals surface area contributed by atoms with Gasteiger partial charge in [0.15, 0.2) is 5.82 Å². The first-order chi connectivity index (χ1) is 27.2. The van der Waals surface area contributed by atoms with E-state index in [1.807, 2.05) is 29.5 Å². The van der Waals surface area contributed by atoms with Crippen LogP contribution in [0, 0.1) is 0 Å². The number of fused-ring (bicyclic) bond motifs is 3. The van der Waals surface area contributed by atoms with Gasteiger partial charge in [0.05, 0.1) is 11.4 Å². The van der Waals surface area contributed by atoms with Gasteiger partial charge in [0, 0.05) is 36.9 Å². The first-order valence-corrected chi connectivity index (χ1v) is 19.4. The fraction of sp³-hybridized carbons (Fsp3) is 0. The van der Waals surface area contributed by atoms with Crippen molar-refractivity contribution < 1.29 is 0 Å². The summed E-state index contributed by atoms with van der Waals surface area (Å²) in [5.74, 6) is 0.713. The highest BCUT2D eigenvalue weighted by Gasteiger charge is 2.17. The van der Waals surface area contributed by atoms with E-state index < -0.39 is 0 Å². The molecule has 0 bridgehead atoms. The summed E-state index contributed by atoms with van der Waals surface area (Å²) in [5, 5.41) is 2.46. The molecular weight excluding hydrogens is 685 g/mol. The molecule has 0 saturated carbocycles. The summed E-state index contributed by atoms with van der Waals surface area (Å²) in [6.07, 6.45) is 0. The van der Waals surface area contributed by atoms with Gasteiger partial charge < -0.3 is 0 Å². The molecule has 0 aliphatic heterocycles. The van der Waals surface area contributed by atoms with E-state index in [-0.39, 0.29) is 0 Å². The largest absolute Gasteiger partial charge is 0.228 e. The highest BCUT2D eigenvalue weighted by Crippen LogP contribution is 2.42. The zero-order valence-electron chi connectivity index (χ0n) is 29.9. The van der Waals surface area contributed by atoms with E-state index in [0.717, 1.165) is 33.6 Å². The van der Waals surface area contributed by atoms with Gasteiger partial charge in [-0.15, -0.1) is 11.3 Å². The molecule has 8 aromatic carbocycles. The molecule has 0 spiro atoms. The molecule has 10 rings (SSSR count). The molecule has 0 aliphatic rings. The summed E-state index contributed by atoms with van der Waals surface area (Å²) in [6, 6.07) is 73.4. The maximum absolute atomic E-state index is 5.25. The Balaban J connectivity index is 1.07. The van der Waals surface area contributed by atoms with E-state index in [1.165, 1.54) is 59.1 Å². The lowest BCUT2D eigenvalue weighted by atomic mass is 9.96. The van der Waals surface area contributed by atoms with Gasteiger partial charge in [-0.3, -0.25) is 0 Å². The Kier molecular flexibility index (Phi) is 8.40. The van der Waals surface area contributed by atoms with E-state index in [0.29, 0.717) is 5.82 Å². The third kappa shape index (κ3) is 6.41. The average Bonchev–Trinajstić information content (AvgIpc) is 3.66. The van der Waals surface area contributed by atoms with Crippen LogP contribution in [0.5, 0.6) is 0 Å². The van der Waals surface area contributed by atoms with Crippen molar-refractivity contribution >= 4 is 31.5 Å².